The summed E-state index contributed by atoms with van der Waals surface area (Å²) in [6.07, 6.45) is 3.15. The Morgan fingerprint density at radius 1 is 1.28 bits per heavy atom. The van der Waals surface area contributed by atoms with E-state index < -0.39 is 23.5 Å². The summed E-state index contributed by atoms with van der Waals surface area (Å²) < 4.78 is 48.3. The second-order valence-corrected chi connectivity index (χ2v) is 7.48. The van der Waals surface area contributed by atoms with Crippen LogP contribution >= 0.6 is 0 Å². The number of hydrogen-bond donors (Lipinski definition) is 2. The van der Waals surface area contributed by atoms with E-state index >= 15 is 0 Å². The number of anilines is 1. The number of ether oxygens (including phenoxy) is 1. The van der Waals surface area contributed by atoms with E-state index in [9.17, 15) is 13.2 Å². The van der Waals surface area contributed by atoms with Crippen LogP contribution in [0.2, 0.25) is 0 Å². The maximum Gasteiger partial charge on any atom is 0.290 e. The SMILES string of the molecule is C[C@@H](Nc1ccn2ncc(OC3=NCC(C)(C)N3)c2n1)c1cc(F)cc(F)c1F. The molecular formula is C19H19F3N6O. The van der Waals surface area contributed by atoms with Gasteiger partial charge in [-0.15, -0.1) is 0 Å². The molecule has 4 rings (SSSR count). The van der Waals surface area contributed by atoms with Crippen LogP contribution < -0.4 is 15.4 Å². The molecule has 0 amide bonds. The van der Waals surface area contributed by atoms with Crippen molar-refractivity contribution < 1.29 is 17.9 Å². The Morgan fingerprint density at radius 2 is 2.07 bits per heavy atom. The van der Waals surface area contributed by atoms with Gasteiger partial charge in [0.25, 0.3) is 6.02 Å². The molecular weight excluding hydrogens is 385 g/mol. The van der Waals surface area contributed by atoms with E-state index in [0.717, 1.165) is 6.07 Å². The molecule has 2 aromatic heterocycles. The van der Waals surface area contributed by atoms with Crippen molar-refractivity contribution in [1.29, 1.82) is 0 Å². The van der Waals surface area contributed by atoms with Crippen LogP contribution in [0.3, 0.4) is 0 Å². The lowest BCUT2D eigenvalue weighted by Crippen LogP contribution is -2.41. The van der Waals surface area contributed by atoms with Crippen molar-refractivity contribution in [1.82, 2.24) is 19.9 Å². The van der Waals surface area contributed by atoms with Gasteiger partial charge in [0.15, 0.2) is 17.4 Å². The number of fused-ring (bicyclic) bond motifs is 1. The van der Waals surface area contributed by atoms with E-state index in [2.05, 4.69) is 25.7 Å². The molecule has 0 fully saturated rings. The third kappa shape index (κ3) is 3.82. The molecule has 0 bridgehead atoms. The van der Waals surface area contributed by atoms with Gasteiger partial charge in [-0.25, -0.2) is 27.7 Å². The average Bonchev–Trinajstić information content (AvgIpc) is 3.20. The van der Waals surface area contributed by atoms with Gasteiger partial charge in [0.1, 0.15) is 11.6 Å². The van der Waals surface area contributed by atoms with Crippen LogP contribution in [0.5, 0.6) is 5.75 Å². The second-order valence-electron chi connectivity index (χ2n) is 7.48. The summed E-state index contributed by atoms with van der Waals surface area (Å²) in [4.78, 5) is 8.72. The molecule has 7 nitrogen and oxygen atoms in total. The molecule has 3 heterocycles. The molecule has 1 aliphatic heterocycles. The van der Waals surface area contributed by atoms with Crippen molar-refractivity contribution in [3.8, 4) is 5.75 Å². The largest absolute Gasteiger partial charge is 0.420 e. The lowest BCUT2D eigenvalue weighted by Gasteiger charge is -2.17. The van der Waals surface area contributed by atoms with Gasteiger partial charge in [-0.05, 0) is 32.9 Å². The summed E-state index contributed by atoms with van der Waals surface area (Å²) >= 11 is 0. The van der Waals surface area contributed by atoms with Crippen molar-refractivity contribution in [3.63, 3.8) is 0 Å². The Hall–Kier alpha value is -3.30. The number of benzene rings is 1. The molecule has 1 aliphatic rings. The average molecular weight is 404 g/mol. The van der Waals surface area contributed by atoms with E-state index in [1.807, 2.05) is 13.8 Å². The number of halogens is 3. The van der Waals surface area contributed by atoms with Crippen molar-refractivity contribution in [3.05, 3.63) is 53.6 Å². The normalized spacial score (nSPS) is 16.4. The highest BCUT2D eigenvalue weighted by atomic mass is 19.2. The van der Waals surface area contributed by atoms with Crippen molar-refractivity contribution in [2.45, 2.75) is 32.4 Å². The van der Waals surface area contributed by atoms with Gasteiger partial charge in [0.2, 0.25) is 5.65 Å². The Bertz CT molecular complexity index is 1110. The molecule has 2 N–H and O–H groups in total. The Kier molecular flexibility index (Phi) is 4.56. The molecule has 3 aromatic rings. The van der Waals surface area contributed by atoms with E-state index in [1.165, 1.54) is 10.7 Å². The lowest BCUT2D eigenvalue weighted by atomic mass is 10.1. The number of rotatable bonds is 4. The number of nitrogens with zero attached hydrogens (tertiary/aromatic N) is 4. The first-order valence-electron chi connectivity index (χ1n) is 8.98. The topological polar surface area (TPSA) is 75.8 Å². The first-order chi connectivity index (χ1) is 13.7. The fraction of sp³-hybridized carbons (Fsp3) is 0.316. The lowest BCUT2D eigenvalue weighted by molar-refractivity contribution is 0.462. The molecule has 0 unspecified atom stereocenters. The first kappa shape index (κ1) is 19.0. The fourth-order valence-electron chi connectivity index (χ4n) is 2.99. The fourth-order valence-corrected chi connectivity index (χ4v) is 2.99. The monoisotopic (exact) mass is 404 g/mol. The molecule has 29 heavy (non-hydrogen) atoms. The number of aromatic nitrogens is 3. The van der Waals surface area contributed by atoms with Crippen LogP contribution in [0.15, 0.2) is 35.6 Å². The van der Waals surface area contributed by atoms with Gasteiger partial charge in [0, 0.05) is 17.8 Å². The number of hydrogen-bond acceptors (Lipinski definition) is 6. The Balaban J connectivity index is 1.58. The molecule has 0 saturated heterocycles. The third-order valence-electron chi connectivity index (χ3n) is 4.46. The Labute approximate surface area is 164 Å². The smallest absolute Gasteiger partial charge is 0.290 e. The summed E-state index contributed by atoms with van der Waals surface area (Å²) in [5, 5.41) is 10.3. The zero-order valence-corrected chi connectivity index (χ0v) is 16.0. The quantitative estimate of drug-likeness (QED) is 0.652. The predicted octanol–water partition coefficient (Wildman–Crippen LogP) is 3.44. The van der Waals surface area contributed by atoms with Crippen LogP contribution in [-0.4, -0.2) is 32.7 Å². The van der Waals surface area contributed by atoms with Gasteiger partial charge < -0.3 is 15.4 Å². The highest BCUT2D eigenvalue weighted by Crippen LogP contribution is 2.25. The molecule has 0 saturated carbocycles. The van der Waals surface area contributed by atoms with E-state index in [1.54, 1.807) is 19.2 Å². The maximum atomic E-state index is 14.0. The van der Waals surface area contributed by atoms with Crippen molar-refractivity contribution >= 4 is 17.5 Å². The third-order valence-corrected chi connectivity index (χ3v) is 4.46. The highest BCUT2D eigenvalue weighted by Gasteiger charge is 2.27. The zero-order chi connectivity index (χ0) is 20.8. The van der Waals surface area contributed by atoms with Crippen LogP contribution in [-0.2, 0) is 0 Å². The summed E-state index contributed by atoms with van der Waals surface area (Å²) in [6, 6.07) is 2.71. The number of aliphatic imine (C=N–C) groups is 1. The molecule has 1 atom stereocenters. The maximum absolute atomic E-state index is 14.0. The zero-order valence-electron chi connectivity index (χ0n) is 16.0. The van der Waals surface area contributed by atoms with Gasteiger partial charge in [-0.1, -0.05) is 0 Å². The minimum Gasteiger partial charge on any atom is -0.420 e. The minimum atomic E-state index is -1.24. The van der Waals surface area contributed by atoms with Crippen LogP contribution in [0.25, 0.3) is 5.65 Å². The first-order valence-corrected chi connectivity index (χ1v) is 8.98. The molecule has 0 radical (unpaired) electrons. The summed E-state index contributed by atoms with van der Waals surface area (Å²) in [6.45, 7) is 6.16. The molecule has 0 aliphatic carbocycles. The van der Waals surface area contributed by atoms with Crippen LogP contribution in [0, 0.1) is 17.5 Å². The summed E-state index contributed by atoms with van der Waals surface area (Å²) in [5.74, 6) is -2.45. The van der Waals surface area contributed by atoms with Gasteiger partial charge >= 0.3 is 0 Å². The van der Waals surface area contributed by atoms with Gasteiger partial charge in [0.05, 0.1) is 24.3 Å². The van der Waals surface area contributed by atoms with Crippen molar-refractivity contribution in [2.24, 2.45) is 4.99 Å². The van der Waals surface area contributed by atoms with E-state index in [0.29, 0.717) is 35.8 Å². The molecule has 1 aromatic carbocycles. The highest BCUT2D eigenvalue weighted by molar-refractivity contribution is 5.80. The number of amidine groups is 1. The van der Waals surface area contributed by atoms with Gasteiger partial charge in [-0.2, -0.15) is 5.10 Å². The van der Waals surface area contributed by atoms with Crippen molar-refractivity contribution in [2.75, 3.05) is 11.9 Å². The summed E-state index contributed by atoms with van der Waals surface area (Å²) in [5.41, 5.74) is 0.0706. The molecule has 152 valence electrons. The van der Waals surface area contributed by atoms with Gasteiger partial charge in [-0.3, -0.25) is 0 Å². The number of nitrogens with one attached hydrogen (secondary N) is 2. The summed E-state index contributed by atoms with van der Waals surface area (Å²) in [7, 11) is 0. The van der Waals surface area contributed by atoms with E-state index in [4.69, 9.17) is 4.74 Å². The van der Waals surface area contributed by atoms with Crippen LogP contribution in [0.1, 0.15) is 32.4 Å². The van der Waals surface area contributed by atoms with Crippen LogP contribution in [0.4, 0.5) is 19.0 Å². The molecule has 0 spiro atoms. The minimum absolute atomic E-state index is 0.138. The Morgan fingerprint density at radius 3 is 2.79 bits per heavy atom. The standard InChI is InChI=1S/C19H19F3N6O/c1-10(12-6-11(20)7-13(21)16(12)22)25-15-4-5-28-17(26-15)14(8-24-28)29-18-23-9-19(2,3)27-18/h4-8,10H,9H2,1-3H3,(H,23,27)(H,25,26)/t10-/m1/s1. The predicted molar refractivity (Wildman–Crippen MR) is 101 cm³/mol. The second kappa shape index (κ2) is 6.94. The van der Waals surface area contributed by atoms with E-state index in [-0.39, 0.29) is 11.1 Å². The molecule has 10 heteroatoms.